The van der Waals surface area contributed by atoms with Crippen LogP contribution in [-0.2, 0) is 44.5 Å². The number of aliphatic hydroxyl groups excluding tert-OH is 1. The quantitative estimate of drug-likeness (QED) is 0.0384. The van der Waals surface area contributed by atoms with Gasteiger partial charge in [0.25, 0.3) is 0 Å². The van der Waals surface area contributed by atoms with Gasteiger partial charge in [0.15, 0.2) is 11.4 Å². The maximum atomic E-state index is 14.2. The minimum atomic E-state index is -2.47. The smallest absolute Gasteiger partial charge is 0.339 e. The van der Waals surface area contributed by atoms with E-state index in [0.717, 1.165) is 44.9 Å². The van der Waals surface area contributed by atoms with Gasteiger partial charge in [-0.1, -0.05) is 75.7 Å². The summed E-state index contributed by atoms with van der Waals surface area (Å²) >= 11 is 0. The van der Waals surface area contributed by atoms with Crippen LogP contribution in [-0.4, -0.2) is 97.1 Å². The molecule has 13 nitrogen and oxygen atoms in total. The van der Waals surface area contributed by atoms with Crippen molar-refractivity contribution < 1.29 is 53.1 Å². The van der Waals surface area contributed by atoms with E-state index in [2.05, 4.69) is 34.1 Å². The number of amides is 2. The second-order valence-corrected chi connectivity index (χ2v) is 15.4. The van der Waals surface area contributed by atoms with E-state index in [0.29, 0.717) is 30.9 Å². The Morgan fingerprint density at radius 3 is 2.16 bits per heavy atom. The van der Waals surface area contributed by atoms with Crippen molar-refractivity contribution >= 4 is 23.8 Å². The number of unbranched alkanes of at least 4 members (excludes halogenated alkanes) is 8. The Bertz CT molecular complexity index is 1450. The molecule has 13 heteroatoms. The van der Waals surface area contributed by atoms with E-state index in [9.17, 15) is 29.4 Å². The van der Waals surface area contributed by atoms with Crippen LogP contribution in [0.1, 0.15) is 124 Å². The number of nitrogens with one attached hydrogen (secondary N) is 2. The van der Waals surface area contributed by atoms with Crippen molar-refractivity contribution in [1.29, 1.82) is 0 Å². The summed E-state index contributed by atoms with van der Waals surface area (Å²) in [5.41, 5.74) is -2.83. The molecule has 0 radical (unpaired) electrons. The predicted octanol–water partition coefficient (Wildman–Crippen LogP) is 5.48. The number of ether oxygens (including phenoxy) is 5. The van der Waals surface area contributed by atoms with Gasteiger partial charge in [0.05, 0.1) is 26.2 Å². The molecule has 57 heavy (non-hydrogen) atoms. The van der Waals surface area contributed by atoms with Crippen LogP contribution in [0.25, 0.3) is 0 Å². The molecule has 0 aromatic heterocycles. The van der Waals surface area contributed by atoms with Gasteiger partial charge in [-0.3, -0.25) is 14.4 Å². The Kier molecular flexibility index (Phi) is 22.5. The summed E-state index contributed by atoms with van der Waals surface area (Å²) in [5.74, 6) is 0.793. The summed E-state index contributed by atoms with van der Waals surface area (Å²) in [7, 11) is 1.19. The van der Waals surface area contributed by atoms with Gasteiger partial charge in [-0.05, 0) is 71.1 Å². The Hall–Kier alpha value is -3.96. The summed E-state index contributed by atoms with van der Waals surface area (Å²) in [6.07, 6.45) is 14.5. The number of benzene rings is 1. The fourth-order valence-electron chi connectivity index (χ4n) is 6.51. The first-order chi connectivity index (χ1) is 27.2. The average molecular weight is 801 g/mol. The molecule has 2 amide bonds. The Morgan fingerprint density at radius 1 is 0.947 bits per heavy atom. The standard InChI is InChI=1S/C44H68N2O11/c1-7-9-11-15-18-25-43(55-30-31-56-43)26-19-16-13-12-14-17-20-36(44(52,27-28-47)41(51)57-42(3,4)5)39(49)46-37(40(50)45-33-38(48)53-6)32-34-21-23-35(24-22-34)54-29-10-8-2/h17,20-24,36-37,47,52H,7,9,11-16,18-19,25-33H2,1-6H3,(H,45,50)(H,46,49)/b20-17+/t36-,37+,44+/m1/s1. The highest BCUT2D eigenvalue weighted by Gasteiger charge is 2.49. The van der Waals surface area contributed by atoms with Crippen LogP contribution in [0.4, 0.5) is 0 Å². The second-order valence-electron chi connectivity index (χ2n) is 15.4. The molecule has 1 saturated heterocycles. The zero-order valence-electron chi connectivity index (χ0n) is 35.1. The van der Waals surface area contributed by atoms with Gasteiger partial charge in [0, 0.05) is 32.3 Å². The maximum absolute atomic E-state index is 14.2. The van der Waals surface area contributed by atoms with Crippen LogP contribution >= 0.6 is 0 Å². The number of methoxy groups -OCH3 is 1. The molecule has 0 saturated carbocycles. The lowest BCUT2D eigenvalue weighted by atomic mass is 9.82. The molecule has 1 aromatic rings. The first-order valence-corrected chi connectivity index (χ1v) is 20.5. The van der Waals surface area contributed by atoms with Gasteiger partial charge in [-0.25, -0.2) is 4.79 Å². The van der Waals surface area contributed by atoms with Crippen molar-refractivity contribution in [3.05, 3.63) is 42.0 Å². The van der Waals surface area contributed by atoms with Gasteiger partial charge in [-0.15, -0.1) is 5.92 Å². The number of hydrogen-bond donors (Lipinski definition) is 4. The predicted molar refractivity (Wildman–Crippen MR) is 217 cm³/mol. The molecule has 3 atom stereocenters. The molecule has 0 bridgehead atoms. The molecule has 1 heterocycles. The lowest BCUT2D eigenvalue weighted by Gasteiger charge is -2.34. The van der Waals surface area contributed by atoms with Crippen molar-refractivity contribution in [2.24, 2.45) is 5.92 Å². The van der Waals surface area contributed by atoms with Crippen LogP contribution in [0.2, 0.25) is 0 Å². The van der Waals surface area contributed by atoms with E-state index in [1.165, 1.54) is 38.9 Å². The molecular formula is C44H68N2O11. The third-order valence-electron chi connectivity index (χ3n) is 9.64. The lowest BCUT2D eigenvalue weighted by molar-refractivity contribution is -0.185. The maximum Gasteiger partial charge on any atom is 0.339 e. The van der Waals surface area contributed by atoms with Crippen LogP contribution in [0.5, 0.6) is 5.75 Å². The van der Waals surface area contributed by atoms with E-state index >= 15 is 0 Å². The summed E-state index contributed by atoms with van der Waals surface area (Å²) in [5, 5.41) is 27.0. The van der Waals surface area contributed by atoms with Crippen molar-refractivity contribution in [3.8, 4) is 17.6 Å². The van der Waals surface area contributed by atoms with E-state index in [4.69, 9.17) is 18.9 Å². The summed E-state index contributed by atoms with van der Waals surface area (Å²) in [6, 6.07) is 5.62. The third kappa shape index (κ3) is 18.5. The summed E-state index contributed by atoms with van der Waals surface area (Å²) in [4.78, 5) is 53.0. The Morgan fingerprint density at radius 2 is 1.58 bits per heavy atom. The average Bonchev–Trinajstić information content (AvgIpc) is 3.64. The molecular weight excluding hydrogens is 732 g/mol. The highest BCUT2D eigenvalue weighted by molar-refractivity contribution is 5.95. The SMILES string of the molecule is CC#CCOc1ccc(C[C@H](NC(=O)[C@@H](/C=C/CCCCCCC2(CCCCCCC)OCCO2)[C@@](O)(CCO)C(=O)OC(C)(C)C)C(=O)NCC(=O)OC)cc1. The Balaban J connectivity index is 2.22. The number of esters is 2. The highest BCUT2D eigenvalue weighted by Crippen LogP contribution is 2.32. The fraction of sp³-hybridized carbons (Fsp3) is 0.682. The minimum absolute atomic E-state index is 0.00862. The van der Waals surface area contributed by atoms with Gasteiger partial charge in [-0.2, -0.15) is 0 Å². The van der Waals surface area contributed by atoms with Crippen LogP contribution in [0.3, 0.4) is 0 Å². The molecule has 0 spiro atoms. The Labute approximate surface area is 340 Å². The van der Waals surface area contributed by atoms with E-state index in [1.54, 1.807) is 58.0 Å². The molecule has 0 aliphatic carbocycles. The summed E-state index contributed by atoms with van der Waals surface area (Å²) < 4.78 is 27.9. The zero-order valence-corrected chi connectivity index (χ0v) is 35.1. The largest absolute Gasteiger partial charge is 0.481 e. The molecule has 320 valence electrons. The van der Waals surface area contributed by atoms with Crippen molar-refractivity contribution in [3.63, 3.8) is 0 Å². The van der Waals surface area contributed by atoms with Crippen LogP contribution in [0, 0.1) is 17.8 Å². The third-order valence-corrected chi connectivity index (χ3v) is 9.64. The second kappa shape index (κ2) is 26.1. The molecule has 2 rings (SSSR count). The van der Waals surface area contributed by atoms with Gasteiger partial charge in [0.1, 0.15) is 30.5 Å². The number of rotatable bonds is 27. The van der Waals surface area contributed by atoms with Gasteiger partial charge < -0.3 is 44.5 Å². The molecule has 1 aromatic carbocycles. The molecule has 0 unspecified atom stereocenters. The number of carbonyl (C=O) groups is 4. The van der Waals surface area contributed by atoms with Crippen LogP contribution < -0.4 is 15.4 Å². The van der Waals surface area contributed by atoms with Crippen molar-refractivity contribution in [2.45, 2.75) is 148 Å². The molecule has 1 fully saturated rings. The normalized spacial score (nSPS) is 15.8. The van der Waals surface area contributed by atoms with Crippen molar-refractivity contribution in [1.82, 2.24) is 10.6 Å². The molecule has 4 N–H and O–H groups in total. The van der Waals surface area contributed by atoms with Crippen molar-refractivity contribution in [2.75, 3.05) is 40.1 Å². The molecule has 1 aliphatic heterocycles. The number of carbonyl (C=O) groups excluding carboxylic acids is 4. The van der Waals surface area contributed by atoms with Gasteiger partial charge >= 0.3 is 11.9 Å². The first kappa shape index (κ1) is 49.2. The van der Waals surface area contributed by atoms with E-state index < -0.39 is 72.3 Å². The number of aliphatic hydroxyl groups is 2. The molecule has 1 aliphatic rings. The number of hydrogen-bond acceptors (Lipinski definition) is 11. The minimum Gasteiger partial charge on any atom is -0.481 e. The van der Waals surface area contributed by atoms with Crippen LogP contribution in [0.15, 0.2) is 36.4 Å². The summed E-state index contributed by atoms with van der Waals surface area (Å²) in [6.45, 7) is 9.19. The fourth-order valence-corrected chi connectivity index (χ4v) is 6.51. The number of allylic oxidation sites excluding steroid dienone is 1. The monoisotopic (exact) mass is 800 g/mol. The first-order valence-electron chi connectivity index (χ1n) is 20.5. The highest BCUT2D eigenvalue weighted by atomic mass is 16.7. The lowest BCUT2D eigenvalue weighted by Crippen LogP contribution is -2.57. The van der Waals surface area contributed by atoms with E-state index in [1.807, 2.05) is 0 Å². The van der Waals surface area contributed by atoms with E-state index in [-0.39, 0.29) is 13.0 Å². The van der Waals surface area contributed by atoms with Gasteiger partial charge in [0.2, 0.25) is 11.8 Å². The zero-order chi connectivity index (χ0) is 42.2. The topological polar surface area (TPSA) is 179 Å².